The molecule has 2 N–H and O–H groups in total. The largest absolute Gasteiger partial charge is 0.372 e. The van der Waals surface area contributed by atoms with Gasteiger partial charge in [-0.3, -0.25) is 0 Å². The molecule has 15 heavy (non-hydrogen) atoms. The monoisotopic (exact) mass is 275 g/mol. The van der Waals surface area contributed by atoms with Gasteiger partial charge in [0.15, 0.2) is 0 Å². The summed E-state index contributed by atoms with van der Waals surface area (Å²) in [4.78, 5) is 0. The third-order valence-electron chi connectivity index (χ3n) is 2.15. The average molecular weight is 277 g/mol. The van der Waals surface area contributed by atoms with Gasteiger partial charge in [-0.25, -0.2) is 0 Å². The smallest absolute Gasteiger partial charge is 0.217 e. The lowest BCUT2D eigenvalue weighted by Crippen LogP contribution is -2.36. The predicted molar refractivity (Wildman–Crippen MR) is 67.8 cm³/mol. The molecule has 1 unspecified atom stereocenters. The van der Waals surface area contributed by atoms with Crippen LogP contribution in [0.1, 0.15) is 39.0 Å². The summed E-state index contributed by atoms with van der Waals surface area (Å²) in [5.41, 5.74) is 5.44. The molecule has 0 aliphatic heterocycles. The lowest BCUT2D eigenvalue weighted by Gasteiger charge is -2.23. The van der Waals surface area contributed by atoms with Gasteiger partial charge < -0.3 is 10.5 Å². The van der Waals surface area contributed by atoms with Crippen LogP contribution in [0.15, 0.2) is 0 Å². The molecule has 0 fully saturated rings. The van der Waals surface area contributed by atoms with E-state index in [2.05, 4.69) is 6.92 Å². The highest BCUT2D eigenvalue weighted by Crippen LogP contribution is 2.31. The maximum absolute atomic E-state index is 5.69. The van der Waals surface area contributed by atoms with Crippen LogP contribution in [0, 0.1) is 0 Å². The van der Waals surface area contributed by atoms with Crippen molar-refractivity contribution in [1.82, 2.24) is 0 Å². The Hall–Kier alpha value is 0.790. The molecule has 0 aromatic carbocycles. The summed E-state index contributed by atoms with van der Waals surface area (Å²) in [6, 6.07) is 0. The maximum atomic E-state index is 5.69. The van der Waals surface area contributed by atoms with E-state index in [1.807, 2.05) is 0 Å². The molecule has 2 nitrogen and oxygen atoms in total. The van der Waals surface area contributed by atoms with E-state index < -0.39 is 9.90 Å². The van der Waals surface area contributed by atoms with E-state index in [1.54, 1.807) is 0 Å². The minimum atomic E-state index is -1.42. The van der Waals surface area contributed by atoms with Crippen molar-refractivity contribution in [2.75, 3.05) is 13.2 Å². The molecule has 0 radical (unpaired) electrons. The van der Waals surface area contributed by atoms with Crippen LogP contribution in [0.3, 0.4) is 0 Å². The lowest BCUT2D eigenvalue weighted by molar-refractivity contribution is 0.0589. The van der Waals surface area contributed by atoms with E-state index in [9.17, 15) is 0 Å². The Balaban J connectivity index is 3.48. The summed E-state index contributed by atoms with van der Waals surface area (Å²) in [6.07, 6.45) is 5.39. The van der Waals surface area contributed by atoms with Crippen molar-refractivity contribution in [2.24, 2.45) is 5.73 Å². The van der Waals surface area contributed by atoms with Crippen molar-refractivity contribution in [1.29, 1.82) is 0 Å². The Morgan fingerprint density at radius 3 is 2.20 bits per heavy atom. The molecule has 1 atom stereocenters. The molecule has 0 aliphatic rings. The van der Waals surface area contributed by atoms with Crippen LogP contribution in [0.2, 0.25) is 0 Å². The summed E-state index contributed by atoms with van der Waals surface area (Å²) in [7, 11) is 0. The van der Waals surface area contributed by atoms with Gasteiger partial charge in [-0.1, -0.05) is 67.4 Å². The number of unbranched alkanes of at least 4 members (excludes halogenated alkanes) is 4. The topological polar surface area (TPSA) is 35.2 Å². The van der Waals surface area contributed by atoms with E-state index in [4.69, 9.17) is 45.3 Å². The molecule has 0 bridgehead atoms. The molecule has 0 spiro atoms. The van der Waals surface area contributed by atoms with Crippen LogP contribution in [-0.2, 0) is 4.74 Å². The Labute approximate surface area is 107 Å². The Kier molecular flexibility index (Phi) is 9.35. The van der Waals surface area contributed by atoms with E-state index >= 15 is 0 Å². The number of rotatable bonds is 8. The van der Waals surface area contributed by atoms with Crippen molar-refractivity contribution >= 4 is 34.8 Å². The van der Waals surface area contributed by atoms with Gasteiger partial charge in [-0.05, 0) is 6.42 Å². The maximum Gasteiger partial charge on any atom is 0.217 e. The molecule has 0 amide bonds. The van der Waals surface area contributed by atoms with Crippen molar-refractivity contribution in [2.45, 2.75) is 48.9 Å². The van der Waals surface area contributed by atoms with Crippen molar-refractivity contribution in [3.05, 3.63) is 0 Å². The van der Waals surface area contributed by atoms with E-state index in [0.29, 0.717) is 6.61 Å². The molecule has 0 aliphatic carbocycles. The minimum absolute atomic E-state index is 0.228. The van der Waals surface area contributed by atoms with Crippen LogP contribution in [-0.4, -0.2) is 23.0 Å². The second kappa shape index (κ2) is 8.89. The number of hydrogen-bond donors (Lipinski definition) is 1. The van der Waals surface area contributed by atoms with Crippen LogP contribution >= 0.6 is 34.8 Å². The van der Waals surface area contributed by atoms with Crippen LogP contribution < -0.4 is 5.73 Å². The number of nitrogens with two attached hydrogens (primary N) is 1. The van der Waals surface area contributed by atoms with Crippen molar-refractivity contribution < 1.29 is 4.74 Å². The number of ether oxygens (including phenoxy) is 1. The van der Waals surface area contributed by atoms with Gasteiger partial charge in [-0.2, -0.15) is 0 Å². The molecule has 92 valence electrons. The molecule has 0 saturated carbocycles. The number of hydrogen-bond acceptors (Lipinski definition) is 2. The van der Waals surface area contributed by atoms with Gasteiger partial charge in [0.25, 0.3) is 0 Å². The standard InChI is InChI=1S/C10H20Cl3NO/c1-2-3-4-5-6-7-15-9(8-14)10(11,12)13/h9H,2-8,14H2,1H3. The summed E-state index contributed by atoms with van der Waals surface area (Å²) in [6.45, 7) is 3.02. The Morgan fingerprint density at radius 1 is 1.13 bits per heavy atom. The van der Waals surface area contributed by atoms with Gasteiger partial charge in [0.05, 0.1) is 0 Å². The van der Waals surface area contributed by atoms with Gasteiger partial charge in [-0.15, -0.1) is 0 Å². The molecule has 0 rings (SSSR count). The van der Waals surface area contributed by atoms with Crippen LogP contribution in [0.4, 0.5) is 0 Å². The quantitative estimate of drug-likeness (QED) is 0.542. The fourth-order valence-corrected chi connectivity index (χ4v) is 1.68. The SMILES string of the molecule is CCCCCCCOC(CN)C(Cl)(Cl)Cl. The summed E-state index contributed by atoms with van der Waals surface area (Å²) in [5, 5.41) is 0. The molecule has 5 heteroatoms. The zero-order chi connectivity index (χ0) is 11.7. The molecular formula is C10H20Cl3NO. The summed E-state index contributed by atoms with van der Waals surface area (Å²) >= 11 is 17.1. The molecule has 0 aromatic heterocycles. The van der Waals surface area contributed by atoms with Crippen LogP contribution in [0.5, 0.6) is 0 Å². The second-order valence-electron chi connectivity index (χ2n) is 3.55. The van der Waals surface area contributed by atoms with Crippen molar-refractivity contribution in [3.63, 3.8) is 0 Å². The molecule has 0 saturated heterocycles. The fraction of sp³-hybridized carbons (Fsp3) is 1.00. The Morgan fingerprint density at radius 2 is 1.73 bits per heavy atom. The van der Waals surface area contributed by atoms with Gasteiger partial charge in [0.2, 0.25) is 3.79 Å². The zero-order valence-corrected chi connectivity index (χ0v) is 11.4. The van der Waals surface area contributed by atoms with E-state index in [0.717, 1.165) is 12.8 Å². The van der Waals surface area contributed by atoms with E-state index in [-0.39, 0.29) is 6.54 Å². The highest BCUT2D eigenvalue weighted by Gasteiger charge is 2.32. The highest BCUT2D eigenvalue weighted by molar-refractivity contribution is 6.68. The average Bonchev–Trinajstić information content (AvgIpc) is 2.15. The third-order valence-corrected chi connectivity index (χ3v) is 2.88. The summed E-state index contributed by atoms with van der Waals surface area (Å²) < 4.78 is 4.00. The van der Waals surface area contributed by atoms with Gasteiger partial charge in [0, 0.05) is 13.2 Å². The molecular weight excluding hydrogens is 256 g/mol. The minimum Gasteiger partial charge on any atom is -0.372 e. The van der Waals surface area contributed by atoms with Gasteiger partial charge in [0.1, 0.15) is 6.10 Å². The summed E-state index contributed by atoms with van der Waals surface area (Å²) in [5.74, 6) is 0. The van der Waals surface area contributed by atoms with E-state index in [1.165, 1.54) is 19.3 Å². The zero-order valence-electron chi connectivity index (χ0n) is 9.15. The lowest BCUT2D eigenvalue weighted by atomic mass is 10.2. The number of alkyl halides is 3. The number of halogens is 3. The first kappa shape index (κ1) is 15.8. The fourth-order valence-electron chi connectivity index (χ4n) is 1.23. The molecule has 0 heterocycles. The third kappa shape index (κ3) is 8.58. The Bertz CT molecular complexity index is 150. The normalized spacial score (nSPS) is 14.2. The van der Waals surface area contributed by atoms with Crippen LogP contribution in [0.25, 0.3) is 0 Å². The first-order valence-corrected chi connectivity index (χ1v) is 6.54. The highest BCUT2D eigenvalue weighted by atomic mass is 35.6. The second-order valence-corrected chi connectivity index (χ2v) is 5.92. The molecule has 0 aromatic rings. The first-order chi connectivity index (χ1) is 7.02. The van der Waals surface area contributed by atoms with Crippen molar-refractivity contribution in [3.8, 4) is 0 Å². The predicted octanol–water partition coefficient (Wildman–Crippen LogP) is 3.67. The van der Waals surface area contributed by atoms with Gasteiger partial charge >= 0.3 is 0 Å². The first-order valence-electron chi connectivity index (χ1n) is 5.40.